The Balaban J connectivity index is 2.18. The third-order valence-electron chi connectivity index (χ3n) is 2.46. The molecule has 0 heterocycles. The van der Waals surface area contributed by atoms with Crippen molar-refractivity contribution in [1.82, 2.24) is 0 Å². The Kier molecular flexibility index (Phi) is 1.54. The molecule has 2 aliphatic carbocycles. The van der Waals surface area contributed by atoms with E-state index in [0.717, 1.165) is 11.8 Å². The maximum absolute atomic E-state index is 3.82. The number of hydrogen-bond acceptors (Lipinski definition) is 0. The maximum atomic E-state index is 3.82. The van der Waals surface area contributed by atoms with Crippen molar-refractivity contribution in [2.45, 2.75) is 0 Å². The topological polar surface area (TPSA) is 0 Å². The lowest BCUT2D eigenvalue weighted by Gasteiger charge is -1.85. The molecule has 0 spiro atoms. The van der Waals surface area contributed by atoms with Gasteiger partial charge in [0.25, 0.3) is 0 Å². The smallest absolute Gasteiger partial charge is 0.00927 e. The minimum atomic E-state index is 0.697. The molecular weight excluding hydrogens is 132 g/mol. The fourth-order valence-corrected chi connectivity index (χ4v) is 1.73. The van der Waals surface area contributed by atoms with Crippen LogP contribution in [0.25, 0.3) is 0 Å². The van der Waals surface area contributed by atoms with Crippen molar-refractivity contribution in [2.75, 3.05) is 0 Å². The summed E-state index contributed by atoms with van der Waals surface area (Å²) in [5, 5.41) is 0. The summed E-state index contributed by atoms with van der Waals surface area (Å²) in [4.78, 5) is 0. The predicted molar refractivity (Wildman–Crippen MR) is 48.1 cm³/mol. The van der Waals surface area contributed by atoms with Crippen LogP contribution >= 0.6 is 0 Å². The average molecular weight is 144 g/mol. The van der Waals surface area contributed by atoms with Crippen LogP contribution in [-0.2, 0) is 0 Å². The van der Waals surface area contributed by atoms with Gasteiger partial charge >= 0.3 is 0 Å². The van der Waals surface area contributed by atoms with Crippen LogP contribution in [0.5, 0.6) is 0 Å². The van der Waals surface area contributed by atoms with Gasteiger partial charge in [-0.15, -0.1) is 6.58 Å². The van der Waals surface area contributed by atoms with Crippen LogP contribution < -0.4 is 0 Å². The molecular formula is C11H12. The van der Waals surface area contributed by atoms with Gasteiger partial charge in [-0.05, 0) is 17.8 Å². The van der Waals surface area contributed by atoms with Gasteiger partial charge in [0, 0.05) is 0 Å². The number of fused-ring (bicyclic) bond motifs is 1. The highest BCUT2D eigenvalue weighted by molar-refractivity contribution is 5.27. The summed E-state index contributed by atoms with van der Waals surface area (Å²) in [5.41, 5.74) is 0. The van der Waals surface area contributed by atoms with Crippen molar-refractivity contribution in [1.29, 1.82) is 0 Å². The van der Waals surface area contributed by atoms with Crippen molar-refractivity contribution in [3.05, 3.63) is 49.1 Å². The monoisotopic (exact) mass is 144 g/mol. The van der Waals surface area contributed by atoms with Crippen molar-refractivity contribution in [3.63, 3.8) is 0 Å². The second-order valence-corrected chi connectivity index (χ2v) is 3.12. The lowest BCUT2D eigenvalue weighted by atomic mass is 10.2. The van der Waals surface area contributed by atoms with E-state index in [1.165, 1.54) is 0 Å². The van der Waals surface area contributed by atoms with E-state index in [0.29, 0.717) is 5.92 Å². The molecule has 3 atom stereocenters. The Morgan fingerprint density at radius 3 is 1.91 bits per heavy atom. The van der Waals surface area contributed by atoms with Crippen LogP contribution in [0.15, 0.2) is 49.1 Å². The van der Waals surface area contributed by atoms with Gasteiger partial charge in [0.2, 0.25) is 0 Å². The maximum Gasteiger partial charge on any atom is -0.00927 e. The van der Waals surface area contributed by atoms with E-state index in [2.05, 4.69) is 49.1 Å². The minimum Gasteiger partial charge on any atom is -0.103 e. The molecule has 0 saturated heterocycles. The van der Waals surface area contributed by atoms with Gasteiger partial charge in [0.15, 0.2) is 0 Å². The Bertz CT molecular complexity index is 221. The van der Waals surface area contributed by atoms with E-state index >= 15 is 0 Å². The molecule has 0 radical (unpaired) electrons. The molecule has 0 bridgehead atoms. The predicted octanol–water partition coefficient (Wildman–Crippen LogP) is 2.72. The molecule has 0 aromatic carbocycles. The van der Waals surface area contributed by atoms with Crippen LogP contribution in [-0.4, -0.2) is 0 Å². The fourth-order valence-electron chi connectivity index (χ4n) is 1.73. The summed E-state index contributed by atoms with van der Waals surface area (Å²) >= 11 is 0. The normalized spacial score (nSPS) is 47.8. The highest BCUT2D eigenvalue weighted by atomic mass is 14.5. The first kappa shape index (κ1) is 6.66. The summed E-state index contributed by atoms with van der Waals surface area (Å²) < 4.78 is 0. The molecule has 1 saturated carbocycles. The molecule has 1 unspecified atom stereocenters. The summed E-state index contributed by atoms with van der Waals surface area (Å²) in [6.07, 6.45) is 15.0. The van der Waals surface area contributed by atoms with Crippen LogP contribution in [0.4, 0.5) is 0 Å². The van der Waals surface area contributed by atoms with Crippen molar-refractivity contribution in [3.8, 4) is 0 Å². The first-order chi connectivity index (χ1) is 5.43. The van der Waals surface area contributed by atoms with Gasteiger partial charge in [0.05, 0.1) is 0 Å². The van der Waals surface area contributed by atoms with Gasteiger partial charge < -0.3 is 0 Å². The van der Waals surface area contributed by atoms with E-state index in [1.807, 2.05) is 0 Å². The van der Waals surface area contributed by atoms with Gasteiger partial charge in [-0.3, -0.25) is 0 Å². The second kappa shape index (κ2) is 2.54. The highest BCUT2D eigenvalue weighted by Gasteiger charge is 2.43. The van der Waals surface area contributed by atoms with Crippen LogP contribution in [0.3, 0.4) is 0 Å². The van der Waals surface area contributed by atoms with Crippen molar-refractivity contribution in [2.24, 2.45) is 17.8 Å². The summed E-state index contributed by atoms with van der Waals surface area (Å²) in [5.74, 6) is 2.16. The van der Waals surface area contributed by atoms with Crippen LogP contribution in [0.2, 0.25) is 0 Å². The third-order valence-corrected chi connectivity index (χ3v) is 2.46. The number of allylic oxidation sites excluding steroid dienone is 7. The minimum absolute atomic E-state index is 0.697. The molecule has 1 fully saturated rings. The average Bonchev–Trinajstić information content (AvgIpc) is 2.60. The molecule has 2 rings (SSSR count). The standard InChI is InChI=1S/C11H12/c1-2-9-10-7-5-3-4-6-8-11(9)10/h2-11H,1H2/b4-3-,7-5-,8-6-/t9?,10-,11+. The van der Waals surface area contributed by atoms with Gasteiger partial charge in [-0.25, -0.2) is 0 Å². The molecule has 11 heavy (non-hydrogen) atoms. The second-order valence-electron chi connectivity index (χ2n) is 3.12. The molecule has 0 nitrogen and oxygen atoms in total. The zero-order chi connectivity index (χ0) is 7.68. The number of rotatable bonds is 1. The molecule has 0 N–H and O–H groups in total. The van der Waals surface area contributed by atoms with Crippen molar-refractivity contribution < 1.29 is 0 Å². The van der Waals surface area contributed by atoms with E-state index in [1.54, 1.807) is 0 Å². The first-order valence-corrected chi connectivity index (χ1v) is 4.07. The molecule has 0 amide bonds. The van der Waals surface area contributed by atoms with Gasteiger partial charge in [-0.2, -0.15) is 0 Å². The van der Waals surface area contributed by atoms with Crippen LogP contribution in [0.1, 0.15) is 0 Å². The lowest BCUT2D eigenvalue weighted by Crippen LogP contribution is -1.72. The lowest BCUT2D eigenvalue weighted by molar-refractivity contribution is 0.993. The first-order valence-electron chi connectivity index (χ1n) is 4.07. The Labute approximate surface area is 67.6 Å². The van der Waals surface area contributed by atoms with E-state index < -0.39 is 0 Å². The molecule has 56 valence electrons. The molecule has 2 aliphatic rings. The van der Waals surface area contributed by atoms with Crippen molar-refractivity contribution >= 4 is 0 Å². The van der Waals surface area contributed by atoms with Gasteiger partial charge in [-0.1, -0.05) is 42.5 Å². The zero-order valence-electron chi connectivity index (χ0n) is 6.48. The molecule has 0 aromatic heterocycles. The Hall–Kier alpha value is -1.04. The van der Waals surface area contributed by atoms with E-state index in [9.17, 15) is 0 Å². The summed E-state index contributed by atoms with van der Waals surface area (Å²) in [6, 6.07) is 0. The largest absolute Gasteiger partial charge is 0.103 e. The highest BCUT2D eigenvalue weighted by Crippen LogP contribution is 2.49. The SMILES string of the molecule is C=CC1[C@H]2\C=C/C=C\C=C/[C@@H]12. The molecule has 0 aliphatic heterocycles. The fraction of sp³-hybridized carbons (Fsp3) is 0.273. The van der Waals surface area contributed by atoms with E-state index in [-0.39, 0.29) is 0 Å². The van der Waals surface area contributed by atoms with Crippen LogP contribution in [0, 0.1) is 17.8 Å². The quantitative estimate of drug-likeness (QED) is 0.496. The van der Waals surface area contributed by atoms with Gasteiger partial charge in [0.1, 0.15) is 0 Å². The zero-order valence-corrected chi connectivity index (χ0v) is 6.48. The number of hydrogen-bond donors (Lipinski definition) is 0. The summed E-state index contributed by atoms with van der Waals surface area (Å²) in [6.45, 7) is 3.82. The molecule has 0 heteroatoms. The third kappa shape index (κ3) is 1.09. The van der Waals surface area contributed by atoms with E-state index in [4.69, 9.17) is 0 Å². The summed E-state index contributed by atoms with van der Waals surface area (Å²) in [7, 11) is 0. The Morgan fingerprint density at radius 2 is 1.45 bits per heavy atom. The Morgan fingerprint density at radius 1 is 0.909 bits per heavy atom. The molecule has 0 aromatic rings.